The van der Waals surface area contributed by atoms with E-state index in [1.54, 1.807) is 20.8 Å². The van der Waals surface area contributed by atoms with Gasteiger partial charge in [-0.15, -0.1) is 0 Å². The molecule has 1 amide bonds. The highest BCUT2D eigenvalue weighted by Gasteiger charge is 2.50. The van der Waals surface area contributed by atoms with Crippen LogP contribution in [0.1, 0.15) is 53.9 Å². The van der Waals surface area contributed by atoms with Crippen molar-refractivity contribution in [2.45, 2.75) is 77.7 Å². The maximum atomic E-state index is 12.0. The summed E-state index contributed by atoms with van der Waals surface area (Å²) in [7, 11) is 0. The molecule has 7 heteroatoms. The van der Waals surface area contributed by atoms with E-state index in [-0.39, 0.29) is 12.3 Å². The minimum Gasteiger partial charge on any atom is -0.481 e. The Morgan fingerprint density at radius 2 is 1.79 bits per heavy atom. The lowest BCUT2D eigenvalue weighted by molar-refractivity contribution is -0.145. The minimum atomic E-state index is -1.21. The van der Waals surface area contributed by atoms with Crippen molar-refractivity contribution in [3.8, 4) is 0 Å². The van der Waals surface area contributed by atoms with E-state index in [9.17, 15) is 24.9 Å². The summed E-state index contributed by atoms with van der Waals surface area (Å²) in [4.78, 5) is 23.4. The SMILES string of the molecule is CCC(CC)[C@H](O)[C@@H]1[C@H](O)[C@@H](C(=O)O)C[C@H]1NC(=O)OC(C)(C)C. The number of ether oxygens (including phenoxy) is 1. The summed E-state index contributed by atoms with van der Waals surface area (Å²) >= 11 is 0. The van der Waals surface area contributed by atoms with Crippen LogP contribution in [-0.4, -0.2) is 51.2 Å². The molecule has 0 saturated heterocycles. The molecule has 0 bridgehead atoms. The first-order chi connectivity index (χ1) is 11.0. The zero-order valence-electron chi connectivity index (χ0n) is 15.2. The molecule has 0 aromatic heterocycles. The molecular formula is C17H31NO6. The van der Waals surface area contributed by atoms with Gasteiger partial charge in [-0.2, -0.15) is 0 Å². The lowest BCUT2D eigenvalue weighted by atomic mass is 9.83. The molecule has 0 spiro atoms. The van der Waals surface area contributed by atoms with Crippen LogP contribution in [0.2, 0.25) is 0 Å². The highest BCUT2D eigenvalue weighted by Crippen LogP contribution is 2.38. The largest absolute Gasteiger partial charge is 0.481 e. The normalized spacial score (nSPS) is 28.7. The van der Waals surface area contributed by atoms with E-state index in [0.717, 1.165) is 0 Å². The average molecular weight is 345 g/mol. The number of carbonyl (C=O) groups excluding carboxylic acids is 1. The van der Waals surface area contributed by atoms with Crippen LogP contribution >= 0.6 is 0 Å². The van der Waals surface area contributed by atoms with Crippen LogP contribution in [0.3, 0.4) is 0 Å². The summed E-state index contributed by atoms with van der Waals surface area (Å²) in [5.41, 5.74) is -0.684. The summed E-state index contributed by atoms with van der Waals surface area (Å²) < 4.78 is 5.21. The monoisotopic (exact) mass is 345 g/mol. The van der Waals surface area contributed by atoms with E-state index < -0.39 is 47.7 Å². The minimum absolute atomic E-state index is 0.0671. The topological polar surface area (TPSA) is 116 Å². The fourth-order valence-electron chi connectivity index (χ4n) is 3.46. The van der Waals surface area contributed by atoms with Crippen molar-refractivity contribution in [1.29, 1.82) is 0 Å². The van der Waals surface area contributed by atoms with Crippen LogP contribution in [0.15, 0.2) is 0 Å². The Kier molecular flexibility index (Phi) is 7.04. The number of carboxylic acid groups (broad SMARTS) is 1. The number of carbonyl (C=O) groups is 2. The first-order valence-electron chi connectivity index (χ1n) is 8.60. The molecule has 1 rings (SSSR count). The first kappa shape index (κ1) is 20.7. The predicted molar refractivity (Wildman–Crippen MR) is 88.5 cm³/mol. The number of carboxylic acids is 1. The van der Waals surface area contributed by atoms with Gasteiger partial charge in [0.25, 0.3) is 0 Å². The molecule has 0 aromatic rings. The smallest absolute Gasteiger partial charge is 0.407 e. The molecule has 1 aliphatic rings. The third kappa shape index (κ3) is 5.08. The summed E-state index contributed by atoms with van der Waals surface area (Å²) in [5, 5.41) is 33.0. The van der Waals surface area contributed by atoms with Crippen LogP contribution < -0.4 is 5.32 Å². The molecule has 7 nitrogen and oxygen atoms in total. The number of aliphatic carboxylic acids is 1. The lowest BCUT2D eigenvalue weighted by Gasteiger charge is -2.32. The molecule has 0 heterocycles. The van der Waals surface area contributed by atoms with Gasteiger partial charge in [0.1, 0.15) is 5.60 Å². The van der Waals surface area contributed by atoms with E-state index in [2.05, 4.69) is 5.32 Å². The van der Waals surface area contributed by atoms with Gasteiger partial charge < -0.3 is 25.4 Å². The zero-order valence-corrected chi connectivity index (χ0v) is 15.2. The maximum absolute atomic E-state index is 12.0. The third-order valence-corrected chi connectivity index (χ3v) is 4.72. The van der Waals surface area contributed by atoms with Crippen molar-refractivity contribution in [3.05, 3.63) is 0 Å². The number of rotatable bonds is 6. The third-order valence-electron chi connectivity index (χ3n) is 4.72. The highest BCUT2D eigenvalue weighted by molar-refractivity contribution is 5.72. The van der Waals surface area contributed by atoms with Crippen molar-refractivity contribution in [2.24, 2.45) is 17.8 Å². The van der Waals surface area contributed by atoms with Crippen LogP contribution in [-0.2, 0) is 9.53 Å². The van der Waals surface area contributed by atoms with Gasteiger partial charge in [-0.1, -0.05) is 26.7 Å². The fourth-order valence-corrected chi connectivity index (χ4v) is 3.46. The molecule has 1 aliphatic carbocycles. The predicted octanol–water partition coefficient (Wildman–Crippen LogP) is 1.76. The summed E-state index contributed by atoms with van der Waals surface area (Å²) in [6, 6.07) is -0.647. The van der Waals surface area contributed by atoms with Crippen LogP contribution in [0.4, 0.5) is 4.79 Å². The molecule has 1 fully saturated rings. The Morgan fingerprint density at radius 3 is 2.21 bits per heavy atom. The van der Waals surface area contributed by atoms with E-state index in [1.165, 1.54) is 0 Å². The molecule has 0 radical (unpaired) electrons. The number of alkyl carbamates (subject to hydrolysis) is 1. The van der Waals surface area contributed by atoms with Gasteiger partial charge in [0.2, 0.25) is 0 Å². The summed E-state index contributed by atoms with van der Waals surface area (Å²) in [5.74, 6) is -2.94. The Bertz CT molecular complexity index is 443. The summed E-state index contributed by atoms with van der Waals surface area (Å²) in [6.07, 6.45) is -1.29. The highest BCUT2D eigenvalue weighted by atomic mass is 16.6. The molecule has 0 aromatic carbocycles. The van der Waals surface area contributed by atoms with E-state index in [1.807, 2.05) is 13.8 Å². The van der Waals surface area contributed by atoms with Crippen LogP contribution in [0.5, 0.6) is 0 Å². The molecule has 5 atom stereocenters. The number of aliphatic hydroxyl groups is 2. The second-order valence-corrected chi connectivity index (χ2v) is 7.57. The van der Waals surface area contributed by atoms with E-state index >= 15 is 0 Å². The molecule has 0 aliphatic heterocycles. The van der Waals surface area contributed by atoms with Crippen molar-refractivity contribution in [1.82, 2.24) is 5.32 Å². The number of hydrogen-bond acceptors (Lipinski definition) is 5. The Morgan fingerprint density at radius 1 is 1.25 bits per heavy atom. The molecule has 0 unspecified atom stereocenters. The molecule has 4 N–H and O–H groups in total. The van der Waals surface area contributed by atoms with Crippen molar-refractivity contribution in [2.75, 3.05) is 0 Å². The van der Waals surface area contributed by atoms with Crippen molar-refractivity contribution >= 4 is 12.1 Å². The number of amides is 1. The van der Waals surface area contributed by atoms with E-state index in [0.29, 0.717) is 12.8 Å². The standard InChI is InChI=1S/C17H31NO6/c1-6-9(7-2)13(19)12-11(8-10(14(12)20)15(21)22)18-16(23)24-17(3,4)5/h9-14,19-20H,6-8H2,1-5H3,(H,18,23)(H,21,22)/t10-,11+,12+,13-,14+/m0/s1. The summed E-state index contributed by atoms with van der Waals surface area (Å²) in [6.45, 7) is 9.05. The van der Waals surface area contributed by atoms with Gasteiger partial charge in [0.05, 0.1) is 18.1 Å². The first-order valence-corrected chi connectivity index (χ1v) is 8.60. The second-order valence-electron chi connectivity index (χ2n) is 7.57. The van der Waals surface area contributed by atoms with Gasteiger partial charge >= 0.3 is 12.1 Å². The van der Waals surface area contributed by atoms with Crippen LogP contribution in [0, 0.1) is 17.8 Å². The Labute approximate surface area is 143 Å². The van der Waals surface area contributed by atoms with Gasteiger partial charge in [0.15, 0.2) is 0 Å². The average Bonchev–Trinajstić information content (AvgIpc) is 2.74. The van der Waals surface area contributed by atoms with E-state index in [4.69, 9.17) is 4.74 Å². The quantitative estimate of drug-likeness (QED) is 0.583. The Hall–Kier alpha value is -1.34. The molecular weight excluding hydrogens is 314 g/mol. The van der Waals surface area contributed by atoms with Gasteiger partial charge in [-0.3, -0.25) is 4.79 Å². The van der Waals surface area contributed by atoms with Crippen LogP contribution in [0.25, 0.3) is 0 Å². The number of nitrogens with one attached hydrogen (secondary N) is 1. The van der Waals surface area contributed by atoms with Gasteiger partial charge in [0, 0.05) is 12.0 Å². The molecule has 1 saturated carbocycles. The maximum Gasteiger partial charge on any atom is 0.407 e. The van der Waals surface area contributed by atoms with Crippen molar-refractivity contribution < 1.29 is 29.6 Å². The van der Waals surface area contributed by atoms with Gasteiger partial charge in [-0.05, 0) is 33.1 Å². The number of hydrogen-bond donors (Lipinski definition) is 4. The number of aliphatic hydroxyl groups excluding tert-OH is 2. The fraction of sp³-hybridized carbons (Fsp3) is 0.882. The lowest BCUT2D eigenvalue weighted by Crippen LogP contribution is -2.48. The zero-order chi connectivity index (χ0) is 18.7. The molecule has 24 heavy (non-hydrogen) atoms. The molecule has 140 valence electrons. The van der Waals surface area contributed by atoms with Crippen molar-refractivity contribution in [3.63, 3.8) is 0 Å². The van der Waals surface area contributed by atoms with Gasteiger partial charge in [-0.25, -0.2) is 4.79 Å². The second kappa shape index (κ2) is 8.16. The Balaban J connectivity index is 2.96.